The molecule has 0 aromatic heterocycles. The van der Waals surface area contributed by atoms with Crippen LogP contribution in [0.1, 0.15) is 22.3 Å². The van der Waals surface area contributed by atoms with Gasteiger partial charge in [-0.15, -0.1) is 0 Å². The highest BCUT2D eigenvalue weighted by molar-refractivity contribution is 5.92. The van der Waals surface area contributed by atoms with Crippen molar-refractivity contribution in [1.82, 2.24) is 25.1 Å². The van der Waals surface area contributed by atoms with Crippen LogP contribution in [0.2, 0.25) is 0 Å². The number of rotatable bonds is 9. The Morgan fingerprint density at radius 2 is 1.81 bits per heavy atom. The van der Waals surface area contributed by atoms with E-state index in [0.717, 1.165) is 22.3 Å². The molecule has 0 radical (unpaired) electrons. The van der Waals surface area contributed by atoms with E-state index in [9.17, 15) is 19.5 Å². The van der Waals surface area contributed by atoms with E-state index in [1.165, 1.54) is 5.01 Å². The summed E-state index contributed by atoms with van der Waals surface area (Å²) in [5.41, 5.74) is 6.74. The van der Waals surface area contributed by atoms with E-state index in [-0.39, 0.29) is 49.7 Å². The van der Waals surface area contributed by atoms with Crippen molar-refractivity contribution >= 4 is 29.6 Å². The number of benzene rings is 3. The van der Waals surface area contributed by atoms with Crippen molar-refractivity contribution in [2.75, 3.05) is 25.6 Å². The molecular weight excluding hydrogens is 534 g/mol. The molecule has 0 saturated carbocycles. The summed E-state index contributed by atoms with van der Waals surface area (Å²) in [5.74, 6) is 5.51. The SMILES string of the molecule is C=Cc1cccc(CN2C[C@H]3N(C(=O)CN3N(C)C(=O)NCc3ccccc3)[C@@H](Cc3ccc(O)cc3)C2=O)c1NN. The first-order chi connectivity index (χ1) is 20.3. The van der Waals surface area contributed by atoms with E-state index < -0.39 is 12.2 Å². The van der Waals surface area contributed by atoms with Crippen molar-refractivity contribution in [3.05, 3.63) is 102 Å². The first-order valence-electron chi connectivity index (χ1n) is 13.7. The van der Waals surface area contributed by atoms with Crippen LogP contribution in [0.5, 0.6) is 5.75 Å². The van der Waals surface area contributed by atoms with Gasteiger partial charge in [0.15, 0.2) is 0 Å². The van der Waals surface area contributed by atoms with E-state index in [0.29, 0.717) is 12.2 Å². The third kappa shape index (κ3) is 5.78. The van der Waals surface area contributed by atoms with Gasteiger partial charge in [0.25, 0.3) is 0 Å². The molecule has 0 unspecified atom stereocenters. The average molecular weight is 570 g/mol. The fourth-order valence-corrected chi connectivity index (χ4v) is 5.61. The summed E-state index contributed by atoms with van der Waals surface area (Å²) in [6, 6.07) is 20.6. The van der Waals surface area contributed by atoms with Gasteiger partial charge in [-0.2, -0.15) is 5.01 Å². The average Bonchev–Trinajstić information content (AvgIpc) is 3.34. The van der Waals surface area contributed by atoms with Gasteiger partial charge in [-0.05, 0) is 34.4 Å². The summed E-state index contributed by atoms with van der Waals surface area (Å²) in [6.07, 6.45) is 1.37. The first-order valence-corrected chi connectivity index (χ1v) is 13.7. The van der Waals surface area contributed by atoms with E-state index >= 15 is 0 Å². The Bertz CT molecular complexity index is 1460. The molecule has 42 heavy (non-hydrogen) atoms. The Morgan fingerprint density at radius 3 is 2.50 bits per heavy atom. The van der Waals surface area contributed by atoms with Crippen LogP contribution in [-0.2, 0) is 29.1 Å². The van der Waals surface area contributed by atoms with Crippen LogP contribution in [0.25, 0.3) is 6.08 Å². The summed E-state index contributed by atoms with van der Waals surface area (Å²) in [6.45, 7) is 4.57. The van der Waals surface area contributed by atoms with Gasteiger partial charge in [0.05, 0.1) is 18.8 Å². The van der Waals surface area contributed by atoms with Crippen LogP contribution >= 0.6 is 0 Å². The summed E-state index contributed by atoms with van der Waals surface area (Å²) in [7, 11) is 1.62. The number of nitrogens with two attached hydrogens (primary N) is 1. The molecule has 11 nitrogen and oxygen atoms in total. The number of anilines is 1. The molecule has 11 heteroatoms. The minimum Gasteiger partial charge on any atom is -0.508 e. The lowest BCUT2D eigenvalue weighted by Crippen LogP contribution is -2.65. The molecule has 3 aromatic carbocycles. The number of carbonyl (C=O) groups is 3. The molecule has 3 aromatic rings. The van der Waals surface area contributed by atoms with Gasteiger partial charge >= 0.3 is 6.03 Å². The van der Waals surface area contributed by atoms with Gasteiger partial charge < -0.3 is 25.6 Å². The lowest BCUT2D eigenvalue weighted by Gasteiger charge is -2.46. The normalized spacial score (nSPS) is 18.5. The number of phenolic OH excluding ortho intramolecular Hbond substituents is 1. The third-order valence-electron chi connectivity index (χ3n) is 7.81. The van der Waals surface area contributed by atoms with Crippen LogP contribution in [0.15, 0.2) is 79.4 Å². The number of para-hydroxylation sites is 1. The van der Waals surface area contributed by atoms with Crippen molar-refractivity contribution in [1.29, 1.82) is 0 Å². The predicted octanol–water partition coefficient (Wildman–Crippen LogP) is 2.50. The summed E-state index contributed by atoms with van der Waals surface area (Å²) < 4.78 is 0. The second-order valence-corrected chi connectivity index (χ2v) is 10.4. The maximum Gasteiger partial charge on any atom is 0.332 e. The van der Waals surface area contributed by atoms with E-state index in [1.54, 1.807) is 52.2 Å². The van der Waals surface area contributed by atoms with Gasteiger partial charge in [-0.25, -0.2) is 4.79 Å². The lowest BCUT2D eigenvalue weighted by atomic mass is 9.99. The molecular formula is C31H35N7O4. The summed E-state index contributed by atoms with van der Waals surface area (Å²) in [4.78, 5) is 43.9. The monoisotopic (exact) mass is 569 g/mol. The number of nitrogen functional groups attached to an aromatic ring is 1. The number of aromatic hydroxyl groups is 1. The lowest BCUT2D eigenvalue weighted by molar-refractivity contribution is -0.157. The number of amides is 4. The summed E-state index contributed by atoms with van der Waals surface area (Å²) in [5, 5.41) is 15.8. The number of phenols is 1. The predicted molar refractivity (Wildman–Crippen MR) is 159 cm³/mol. The fourth-order valence-electron chi connectivity index (χ4n) is 5.61. The highest BCUT2D eigenvalue weighted by Gasteiger charge is 2.51. The maximum atomic E-state index is 14.0. The highest BCUT2D eigenvalue weighted by Crippen LogP contribution is 2.31. The Labute approximate surface area is 244 Å². The molecule has 0 aliphatic carbocycles. The van der Waals surface area contributed by atoms with Crippen LogP contribution in [-0.4, -0.2) is 75.1 Å². The molecule has 5 N–H and O–H groups in total. The molecule has 0 bridgehead atoms. The first kappa shape index (κ1) is 28.7. The molecule has 2 heterocycles. The molecule has 218 valence electrons. The number of hydrazine groups is 2. The second-order valence-electron chi connectivity index (χ2n) is 10.4. The minimum atomic E-state index is -0.802. The van der Waals surface area contributed by atoms with Crippen molar-refractivity contribution in [3.8, 4) is 5.75 Å². The van der Waals surface area contributed by atoms with Crippen LogP contribution in [0.4, 0.5) is 10.5 Å². The van der Waals surface area contributed by atoms with Crippen LogP contribution in [0, 0.1) is 0 Å². The van der Waals surface area contributed by atoms with E-state index in [1.807, 2.05) is 48.5 Å². The number of carbonyl (C=O) groups excluding carboxylic acids is 3. The largest absolute Gasteiger partial charge is 0.508 e. The quantitative estimate of drug-likeness (QED) is 0.230. The topological polar surface area (TPSA) is 134 Å². The van der Waals surface area contributed by atoms with Crippen molar-refractivity contribution < 1.29 is 19.5 Å². The number of fused-ring (bicyclic) bond motifs is 1. The Kier molecular flexibility index (Phi) is 8.41. The Balaban J connectivity index is 1.43. The number of nitrogens with zero attached hydrogens (tertiary/aromatic N) is 4. The van der Waals surface area contributed by atoms with Gasteiger partial charge in [0, 0.05) is 26.6 Å². The van der Waals surface area contributed by atoms with Crippen LogP contribution < -0.4 is 16.6 Å². The zero-order chi connectivity index (χ0) is 29.8. The Hall–Kier alpha value is -4.87. The molecule has 0 spiro atoms. The van der Waals surface area contributed by atoms with Gasteiger partial charge in [-0.1, -0.05) is 73.3 Å². The minimum absolute atomic E-state index is 0.0469. The van der Waals surface area contributed by atoms with E-state index in [4.69, 9.17) is 5.84 Å². The molecule has 4 amide bonds. The Morgan fingerprint density at radius 1 is 1.07 bits per heavy atom. The number of hydrogen-bond acceptors (Lipinski definition) is 7. The molecule has 2 aliphatic heterocycles. The van der Waals surface area contributed by atoms with Gasteiger partial charge in [0.2, 0.25) is 11.8 Å². The van der Waals surface area contributed by atoms with Crippen LogP contribution in [0.3, 0.4) is 0 Å². The summed E-state index contributed by atoms with van der Waals surface area (Å²) >= 11 is 0. The fraction of sp³-hybridized carbons (Fsp3) is 0.258. The van der Waals surface area contributed by atoms with Gasteiger partial charge in [0.1, 0.15) is 18.0 Å². The zero-order valence-electron chi connectivity index (χ0n) is 23.4. The molecule has 2 fully saturated rings. The second kappa shape index (κ2) is 12.3. The smallest absolute Gasteiger partial charge is 0.332 e. The van der Waals surface area contributed by atoms with Crippen molar-refractivity contribution in [2.45, 2.75) is 31.7 Å². The molecule has 5 rings (SSSR count). The zero-order valence-corrected chi connectivity index (χ0v) is 23.4. The number of piperazine rings is 1. The van der Waals surface area contributed by atoms with Gasteiger partial charge in [-0.3, -0.25) is 20.4 Å². The maximum absolute atomic E-state index is 14.0. The van der Waals surface area contributed by atoms with Crippen molar-refractivity contribution in [3.63, 3.8) is 0 Å². The number of urea groups is 1. The highest BCUT2D eigenvalue weighted by atomic mass is 16.3. The molecule has 2 aliphatic rings. The molecule has 2 saturated heterocycles. The van der Waals surface area contributed by atoms with Crippen molar-refractivity contribution in [2.24, 2.45) is 5.84 Å². The molecule has 2 atom stereocenters. The van der Waals surface area contributed by atoms with E-state index in [2.05, 4.69) is 17.3 Å². The number of nitrogens with one attached hydrogen (secondary N) is 2. The number of hydrogen-bond donors (Lipinski definition) is 4. The standard InChI is InChI=1S/C31H35N7O4/c1-3-23-10-7-11-24(29(23)34-32)18-36-19-27-37(35(2)31(42)33-17-22-8-5-4-6-9-22)20-28(40)38(27)26(30(36)41)16-21-12-14-25(39)15-13-21/h3-15,26-27,34,39H,1,16-20,32H2,2H3,(H,33,42)/t26-,27+/m0/s1. The third-order valence-corrected chi connectivity index (χ3v) is 7.81.